The number of nitrogens with two attached hydrogens (primary N) is 1. The van der Waals surface area contributed by atoms with Crippen LogP contribution >= 0.6 is 0 Å². The van der Waals surface area contributed by atoms with E-state index in [0.29, 0.717) is 13.2 Å². The van der Waals surface area contributed by atoms with Crippen molar-refractivity contribution in [1.82, 2.24) is 5.32 Å². The highest BCUT2D eigenvalue weighted by atomic mass is 16.5. The van der Waals surface area contributed by atoms with E-state index in [2.05, 4.69) is 18.3 Å². The molecular formula is C13H22N2O. The van der Waals surface area contributed by atoms with Gasteiger partial charge in [-0.3, -0.25) is 0 Å². The van der Waals surface area contributed by atoms with Crippen LogP contribution in [0.15, 0.2) is 24.3 Å². The minimum Gasteiger partial charge on any atom is -0.494 e. The Labute approximate surface area is 98.0 Å². The standard InChI is InChI=1S/C13H22N2O/c1-3-9-15-12(10-14)11-7-5-6-8-13(11)16-4-2/h5-8,12,15H,3-4,9-10,14H2,1-2H3. The fraction of sp³-hybridized carbons (Fsp3) is 0.538. The Balaban J connectivity index is 2.81. The summed E-state index contributed by atoms with van der Waals surface area (Å²) in [5, 5.41) is 3.43. The number of hydrogen-bond acceptors (Lipinski definition) is 3. The number of nitrogens with one attached hydrogen (secondary N) is 1. The predicted octanol–water partition coefficient (Wildman–Crippen LogP) is 2.08. The number of rotatable bonds is 7. The maximum Gasteiger partial charge on any atom is 0.124 e. The SMILES string of the molecule is CCCNC(CN)c1ccccc1OCC. The molecule has 0 aromatic heterocycles. The second kappa shape index (κ2) is 7.25. The summed E-state index contributed by atoms with van der Waals surface area (Å²) >= 11 is 0. The lowest BCUT2D eigenvalue weighted by Crippen LogP contribution is -2.29. The molecule has 0 heterocycles. The first kappa shape index (κ1) is 13.0. The van der Waals surface area contributed by atoms with Crippen LogP contribution in [0.4, 0.5) is 0 Å². The average molecular weight is 222 g/mol. The first-order valence-corrected chi connectivity index (χ1v) is 5.98. The molecule has 0 aliphatic heterocycles. The Morgan fingerprint density at radius 3 is 2.69 bits per heavy atom. The normalized spacial score (nSPS) is 12.4. The zero-order valence-electron chi connectivity index (χ0n) is 10.2. The van der Waals surface area contributed by atoms with Gasteiger partial charge >= 0.3 is 0 Å². The minimum absolute atomic E-state index is 0.183. The number of ether oxygens (including phenoxy) is 1. The third-order valence-electron chi connectivity index (χ3n) is 2.47. The maximum absolute atomic E-state index is 5.79. The molecule has 90 valence electrons. The van der Waals surface area contributed by atoms with E-state index in [1.807, 2.05) is 25.1 Å². The fourth-order valence-electron chi connectivity index (χ4n) is 1.69. The lowest BCUT2D eigenvalue weighted by atomic mass is 10.1. The van der Waals surface area contributed by atoms with Gasteiger partial charge in [-0.05, 0) is 26.0 Å². The molecule has 16 heavy (non-hydrogen) atoms. The van der Waals surface area contributed by atoms with Crippen molar-refractivity contribution < 1.29 is 4.74 Å². The van der Waals surface area contributed by atoms with Crippen molar-refractivity contribution >= 4 is 0 Å². The Morgan fingerprint density at radius 2 is 2.06 bits per heavy atom. The third kappa shape index (κ3) is 3.51. The molecule has 0 saturated carbocycles. The van der Waals surface area contributed by atoms with E-state index in [1.165, 1.54) is 0 Å². The summed E-state index contributed by atoms with van der Waals surface area (Å²) in [4.78, 5) is 0. The van der Waals surface area contributed by atoms with Gasteiger partial charge < -0.3 is 15.8 Å². The highest BCUT2D eigenvalue weighted by Gasteiger charge is 2.13. The Hall–Kier alpha value is -1.06. The molecule has 3 heteroatoms. The van der Waals surface area contributed by atoms with Crippen LogP contribution in [-0.4, -0.2) is 19.7 Å². The Bertz CT molecular complexity index is 302. The van der Waals surface area contributed by atoms with Gasteiger partial charge in [0, 0.05) is 18.2 Å². The molecule has 0 aliphatic carbocycles. The highest BCUT2D eigenvalue weighted by Crippen LogP contribution is 2.24. The topological polar surface area (TPSA) is 47.3 Å². The molecule has 0 spiro atoms. The van der Waals surface area contributed by atoms with E-state index in [4.69, 9.17) is 10.5 Å². The summed E-state index contributed by atoms with van der Waals surface area (Å²) in [6.45, 7) is 6.39. The van der Waals surface area contributed by atoms with Gasteiger partial charge in [-0.25, -0.2) is 0 Å². The van der Waals surface area contributed by atoms with Crippen LogP contribution in [0.3, 0.4) is 0 Å². The van der Waals surface area contributed by atoms with Crippen molar-refractivity contribution in [3.05, 3.63) is 29.8 Å². The monoisotopic (exact) mass is 222 g/mol. The number of para-hydroxylation sites is 1. The number of hydrogen-bond donors (Lipinski definition) is 2. The van der Waals surface area contributed by atoms with E-state index in [9.17, 15) is 0 Å². The van der Waals surface area contributed by atoms with Gasteiger partial charge in [-0.1, -0.05) is 25.1 Å². The zero-order chi connectivity index (χ0) is 11.8. The van der Waals surface area contributed by atoms with E-state index in [0.717, 1.165) is 24.3 Å². The van der Waals surface area contributed by atoms with Crippen molar-refractivity contribution in [3.63, 3.8) is 0 Å². The molecule has 0 saturated heterocycles. The predicted molar refractivity (Wildman–Crippen MR) is 67.7 cm³/mol. The molecule has 3 nitrogen and oxygen atoms in total. The summed E-state index contributed by atoms with van der Waals surface area (Å²) < 4.78 is 5.60. The average Bonchev–Trinajstić information content (AvgIpc) is 2.32. The van der Waals surface area contributed by atoms with Gasteiger partial charge in [-0.2, -0.15) is 0 Å². The van der Waals surface area contributed by atoms with Crippen LogP contribution in [0.25, 0.3) is 0 Å². The van der Waals surface area contributed by atoms with Crippen molar-refractivity contribution in [2.75, 3.05) is 19.7 Å². The molecule has 1 unspecified atom stereocenters. The summed E-state index contributed by atoms with van der Waals surface area (Å²) in [5.74, 6) is 0.934. The second-order valence-corrected chi connectivity index (χ2v) is 3.71. The van der Waals surface area contributed by atoms with Crippen LogP contribution in [0.2, 0.25) is 0 Å². The van der Waals surface area contributed by atoms with Crippen molar-refractivity contribution in [3.8, 4) is 5.75 Å². The van der Waals surface area contributed by atoms with Crippen LogP contribution in [-0.2, 0) is 0 Å². The van der Waals surface area contributed by atoms with Gasteiger partial charge in [0.1, 0.15) is 5.75 Å². The van der Waals surface area contributed by atoms with Gasteiger partial charge in [0.25, 0.3) is 0 Å². The van der Waals surface area contributed by atoms with E-state index in [1.54, 1.807) is 0 Å². The Morgan fingerprint density at radius 1 is 1.31 bits per heavy atom. The molecule has 0 fully saturated rings. The molecule has 1 aromatic rings. The quantitative estimate of drug-likeness (QED) is 0.742. The molecule has 0 amide bonds. The van der Waals surface area contributed by atoms with Crippen molar-refractivity contribution in [2.45, 2.75) is 26.3 Å². The lowest BCUT2D eigenvalue weighted by molar-refractivity contribution is 0.331. The molecule has 1 atom stereocenters. The van der Waals surface area contributed by atoms with E-state index in [-0.39, 0.29) is 6.04 Å². The van der Waals surface area contributed by atoms with Crippen LogP contribution in [0.1, 0.15) is 31.9 Å². The molecule has 0 radical (unpaired) electrons. The van der Waals surface area contributed by atoms with Crippen molar-refractivity contribution in [1.29, 1.82) is 0 Å². The zero-order valence-corrected chi connectivity index (χ0v) is 10.2. The third-order valence-corrected chi connectivity index (χ3v) is 2.47. The van der Waals surface area contributed by atoms with E-state index >= 15 is 0 Å². The highest BCUT2D eigenvalue weighted by molar-refractivity contribution is 5.36. The van der Waals surface area contributed by atoms with Crippen LogP contribution in [0, 0.1) is 0 Å². The van der Waals surface area contributed by atoms with E-state index < -0.39 is 0 Å². The molecule has 0 bridgehead atoms. The molecule has 1 aromatic carbocycles. The first-order chi connectivity index (χ1) is 7.83. The van der Waals surface area contributed by atoms with Crippen LogP contribution < -0.4 is 15.8 Å². The lowest BCUT2D eigenvalue weighted by Gasteiger charge is -2.20. The van der Waals surface area contributed by atoms with Gasteiger partial charge in [0.15, 0.2) is 0 Å². The van der Waals surface area contributed by atoms with Gasteiger partial charge in [0.2, 0.25) is 0 Å². The summed E-state index contributed by atoms with van der Waals surface area (Å²) in [7, 11) is 0. The summed E-state index contributed by atoms with van der Waals surface area (Å²) in [6, 6.07) is 8.26. The second-order valence-electron chi connectivity index (χ2n) is 3.71. The molecule has 3 N–H and O–H groups in total. The molecule has 0 aliphatic rings. The smallest absolute Gasteiger partial charge is 0.124 e. The summed E-state index contributed by atoms with van der Waals surface area (Å²) in [6.07, 6.45) is 1.10. The minimum atomic E-state index is 0.183. The molecule has 1 rings (SSSR count). The fourth-order valence-corrected chi connectivity index (χ4v) is 1.69. The molecular weight excluding hydrogens is 200 g/mol. The van der Waals surface area contributed by atoms with Crippen molar-refractivity contribution in [2.24, 2.45) is 5.73 Å². The maximum atomic E-state index is 5.79. The van der Waals surface area contributed by atoms with Crippen LogP contribution in [0.5, 0.6) is 5.75 Å². The Kier molecular flexibility index (Phi) is 5.90. The first-order valence-electron chi connectivity index (χ1n) is 5.98. The largest absolute Gasteiger partial charge is 0.494 e. The summed E-state index contributed by atoms with van der Waals surface area (Å²) in [5.41, 5.74) is 6.95. The number of benzene rings is 1. The van der Waals surface area contributed by atoms with Gasteiger partial charge in [0.05, 0.1) is 6.61 Å². The van der Waals surface area contributed by atoms with Gasteiger partial charge in [-0.15, -0.1) is 0 Å².